The molecule has 0 saturated heterocycles. The van der Waals surface area contributed by atoms with E-state index in [-0.39, 0.29) is 5.78 Å². The van der Waals surface area contributed by atoms with Gasteiger partial charge in [0.1, 0.15) is 0 Å². The molecule has 0 saturated carbocycles. The molecule has 0 N–H and O–H groups in total. The summed E-state index contributed by atoms with van der Waals surface area (Å²) in [5.41, 5.74) is 3.95. The molecule has 0 atom stereocenters. The van der Waals surface area contributed by atoms with Crippen LogP contribution in [0, 0.1) is 13.8 Å². The van der Waals surface area contributed by atoms with E-state index in [0.29, 0.717) is 16.1 Å². The topological polar surface area (TPSA) is 30.0 Å². The van der Waals surface area contributed by atoms with Crippen LogP contribution in [0.25, 0.3) is 10.9 Å². The number of aromatic nitrogens is 1. The van der Waals surface area contributed by atoms with Crippen LogP contribution in [-0.4, -0.2) is 10.8 Å². The van der Waals surface area contributed by atoms with E-state index in [9.17, 15) is 4.79 Å². The van der Waals surface area contributed by atoms with Gasteiger partial charge in [-0.15, -0.1) is 0 Å². The predicted molar refractivity (Wildman–Crippen MR) is 86.1 cm³/mol. The third-order valence-corrected chi connectivity index (χ3v) is 3.92. The lowest BCUT2D eigenvalue weighted by atomic mass is 9.95. The van der Waals surface area contributed by atoms with Gasteiger partial charge in [-0.3, -0.25) is 9.78 Å². The van der Waals surface area contributed by atoms with Crippen LogP contribution in [0.15, 0.2) is 48.5 Å². The van der Waals surface area contributed by atoms with Gasteiger partial charge in [-0.05, 0) is 49.7 Å². The molecule has 2 nitrogen and oxygen atoms in total. The van der Waals surface area contributed by atoms with Crippen LogP contribution in [0.4, 0.5) is 0 Å². The van der Waals surface area contributed by atoms with Gasteiger partial charge in [0.2, 0.25) is 0 Å². The van der Waals surface area contributed by atoms with Crippen LogP contribution in [0.1, 0.15) is 27.2 Å². The Labute approximate surface area is 128 Å². The van der Waals surface area contributed by atoms with E-state index in [0.717, 1.165) is 22.2 Å². The number of hydrogen-bond donors (Lipinski definition) is 0. The van der Waals surface area contributed by atoms with E-state index in [1.54, 1.807) is 24.3 Å². The maximum absolute atomic E-state index is 12.8. The van der Waals surface area contributed by atoms with Gasteiger partial charge in [0, 0.05) is 27.2 Å². The zero-order valence-electron chi connectivity index (χ0n) is 11.9. The molecular weight excluding hydrogens is 282 g/mol. The molecule has 0 fully saturated rings. The molecule has 0 aliphatic heterocycles. The molecule has 0 radical (unpaired) electrons. The standard InChI is InChI=1S/C18H14ClNO/c1-11-15-5-3-4-6-16(15)20-12(2)17(11)18(21)13-7-9-14(19)10-8-13/h3-10H,1-2H3. The number of carbonyl (C=O) groups excluding carboxylic acids is 1. The summed E-state index contributed by atoms with van der Waals surface area (Å²) < 4.78 is 0. The summed E-state index contributed by atoms with van der Waals surface area (Å²) in [6.45, 7) is 3.85. The molecule has 0 spiro atoms. The number of ketones is 1. The molecule has 21 heavy (non-hydrogen) atoms. The molecule has 0 amide bonds. The van der Waals surface area contributed by atoms with E-state index < -0.39 is 0 Å². The summed E-state index contributed by atoms with van der Waals surface area (Å²) >= 11 is 5.88. The van der Waals surface area contributed by atoms with Crippen LogP contribution in [-0.2, 0) is 0 Å². The summed E-state index contributed by atoms with van der Waals surface area (Å²) in [6, 6.07) is 14.8. The van der Waals surface area contributed by atoms with Gasteiger partial charge in [0.25, 0.3) is 0 Å². The van der Waals surface area contributed by atoms with E-state index in [4.69, 9.17) is 11.6 Å². The van der Waals surface area contributed by atoms with Crippen molar-refractivity contribution in [2.24, 2.45) is 0 Å². The van der Waals surface area contributed by atoms with Gasteiger partial charge in [-0.25, -0.2) is 0 Å². The number of aryl methyl sites for hydroxylation is 2. The van der Waals surface area contributed by atoms with Crippen molar-refractivity contribution in [1.82, 2.24) is 4.98 Å². The van der Waals surface area contributed by atoms with Crippen LogP contribution >= 0.6 is 11.6 Å². The first-order valence-electron chi connectivity index (χ1n) is 6.74. The fraction of sp³-hybridized carbons (Fsp3) is 0.111. The Kier molecular flexibility index (Phi) is 3.48. The first-order chi connectivity index (χ1) is 10.1. The van der Waals surface area contributed by atoms with E-state index >= 15 is 0 Å². The van der Waals surface area contributed by atoms with Gasteiger partial charge < -0.3 is 0 Å². The smallest absolute Gasteiger partial charge is 0.195 e. The van der Waals surface area contributed by atoms with Crippen molar-refractivity contribution in [2.45, 2.75) is 13.8 Å². The zero-order chi connectivity index (χ0) is 15.0. The number of rotatable bonds is 2. The SMILES string of the molecule is Cc1nc2ccccc2c(C)c1C(=O)c1ccc(Cl)cc1. The Morgan fingerprint density at radius 2 is 1.67 bits per heavy atom. The van der Waals surface area contributed by atoms with Crippen molar-refractivity contribution in [2.75, 3.05) is 0 Å². The highest BCUT2D eigenvalue weighted by atomic mass is 35.5. The van der Waals surface area contributed by atoms with Crippen LogP contribution < -0.4 is 0 Å². The highest BCUT2D eigenvalue weighted by Gasteiger charge is 2.17. The summed E-state index contributed by atoms with van der Waals surface area (Å²) in [6.07, 6.45) is 0. The highest BCUT2D eigenvalue weighted by molar-refractivity contribution is 6.30. The number of benzene rings is 2. The molecule has 104 valence electrons. The first-order valence-corrected chi connectivity index (χ1v) is 7.12. The second-order valence-corrected chi connectivity index (χ2v) is 5.49. The van der Waals surface area contributed by atoms with Crippen molar-refractivity contribution in [1.29, 1.82) is 0 Å². The van der Waals surface area contributed by atoms with Crippen LogP contribution in [0.5, 0.6) is 0 Å². The lowest BCUT2D eigenvalue weighted by Gasteiger charge is -2.11. The molecule has 1 heterocycles. The Balaban J connectivity index is 2.20. The van der Waals surface area contributed by atoms with Gasteiger partial charge in [0.05, 0.1) is 5.52 Å². The Morgan fingerprint density at radius 1 is 1.00 bits per heavy atom. The maximum atomic E-state index is 12.8. The van der Waals surface area contributed by atoms with Gasteiger partial charge in [-0.2, -0.15) is 0 Å². The minimum absolute atomic E-state index is 0.0140. The third-order valence-electron chi connectivity index (χ3n) is 3.67. The first kappa shape index (κ1) is 13.8. The largest absolute Gasteiger partial charge is 0.289 e. The molecule has 3 aromatic rings. The fourth-order valence-corrected chi connectivity index (χ4v) is 2.74. The molecule has 2 aromatic carbocycles. The number of halogens is 1. The Bertz CT molecular complexity index is 838. The predicted octanol–water partition coefficient (Wildman–Crippen LogP) is 4.74. The number of nitrogens with zero attached hydrogens (tertiary/aromatic N) is 1. The molecule has 3 rings (SSSR count). The lowest BCUT2D eigenvalue weighted by Crippen LogP contribution is -2.08. The second kappa shape index (κ2) is 5.30. The molecule has 0 aliphatic carbocycles. The molecule has 3 heteroatoms. The normalized spacial score (nSPS) is 10.8. The molecule has 0 aliphatic rings. The van der Waals surface area contributed by atoms with Crippen molar-refractivity contribution in [3.05, 3.63) is 75.9 Å². The molecular formula is C18H14ClNO. The molecule has 0 unspecified atom stereocenters. The van der Waals surface area contributed by atoms with Crippen LogP contribution in [0.3, 0.4) is 0 Å². The average Bonchev–Trinajstić information content (AvgIpc) is 2.48. The van der Waals surface area contributed by atoms with Crippen molar-refractivity contribution < 1.29 is 4.79 Å². The highest BCUT2D eigenvalue weighted by Crippen LogP contribution is 2.25. The maximum Gasteiger partial charge on any atom is 0.195 e. The summed E-state index contributed by atoms with van der Waals surface area (Å²) in [4.78, 5) is 17.3. The third kappa shape index (κ3) is 2.43. The average molecular weight is 296 g/mol. The van der Waals surface area contributed by atoms with Crippen molar-refractivity contribution in [3.8, 4) is 0 Å². The van der Waals surface area contributed by atoms with Crippen LogP contribution in [0.2, 0.25) is 5.02 Å². The van der Waals surface area contributed by atoms with Gasteiger partial charge >= 0.3 is 0 Å². The molecule has 1 aromatic heterocycles. The Morgan fingerprint density at radius 3 is 2.38 bits per heavy atom. The van der Waals surface area contributed by atoms with E-state index in [1.165, 1.54) is 0 Å². The minimum atomic E-state index is -0.0140. The quantitative estimate of drug-likeness (QED) is 0.639. The van der Waals surface area contributed by atoms with Gasteiger partial charge in [0.15, 0.2) is 5.78 Å². The summed E-state index contributed by atoms with van der Waals surface area (Å²) in [7, 11) is 0. The fourth-order valence-electron chi connectivity index (χ4n) is 2.61. The van der Waals surface area contributed by atoms with Gasteiger partial charge in [-0.1, -0.05) is 29.8 Å². The second-order valence-electron chi connectivity index (χ2n) is 5.05. The minimum Gasteiger partial charge on any atom is -0.289 e. The van der Waals surface area contributed by atoms with E-state index in [2.05, 4.69) is 4.98 Å². The number of hydrogen-bond acceptors (Lipinski definition) is 2. The number of pyridine rings is 1. The summed E-state index contributed by atoms with van der Waals surface area (Å²) in [5, 5.41) is 1.64. The van der Waals surface area contributed by atoms with E-state index in [1.807, 2.05) is 38.1 Å². The monoisotopic (exact) mass is 295 g/mol. The lowest BCUT2D eigenvalue weighted by molar-refractivity contribution is 0.103. The summed E-state index contributed by atoms with van der Waals surface area (Å²) in [5.74, 6) is -0.0140. The number of carbonyl (C=O) groups is 1. The number of para-hydroxylation sites is 1. The number of fused-ring (bicyclic) bond motifs is 1. The Hall–Kier alpha value is -2.19. The van der Waals surface area contributed by atoms with Crippen molar-refractivity contribution >= 4 is 28.3 Å². The molecule has 0 bridgehead atoms. The zero-order valence-corrected chi connectivity index (χ0v) is 12.6. The van der Waals surface area contributed by atoms with Crippen molar-refractivity contribution in [3.63, 3.8) is 0 Å².